The van der Waals surface area contributed by atoms with Crippen LogP contribution in [0.2, 0.25) is 0 Å². The highest BCUT2D eigenvalue weighted by Gasteiger charge is 2.55. The Morgan fingerprint density at radius 3 is 1.64 bits per heavy atom. The van der Waals surface area contributed by atoms with Gasteiger partial charge in [0.25, 0.3) is 6.43 Å². The third kappa shape index (κ3) is 2.73. The number of halogens is 7. The molecule has 0 rings (SSSR count). The SMILES string of the molecule is COC(C(F)C(F)F)C(F)(F)C(F)F. The summed E-state index contributed by atoms with van der Waals surface area (Å²) in [6, 6.07) is 0. The number of rotatable bonds is 5. The Labute approximate surface area is 74.8 Å². The summed E-state index contributed by atoms with van der Waals surface area (Å²) in [6.07, 6.45) is -14.7. The molecule has 0 aromatic heterocycles. The monoisotopic (exact) mass is 228 g/mol. The van der Waals surface area contributed by atoms with E-state index in [1.165, 1.54) is 0 Å². The number of alkyl halides is 7. The molecule has 0 saturated carbocycles. The van der Waals surface area contributed by atoms with Crippen LogP contribution in [0.5, 0.6) is 0 Å². The van der Waals surface area contributed by atoms with Crippen LogP contribution < -0.4 is 0 Å². The second kappa shape index (κ2) is 4.81. The summed E-state index contributed by atoms with van der Waals surface area (Å²) in [5.74, 6) is -4.94. The van der Waals surface area contributed by atoms with Crippen LogP contribution in [0.3, 0.4) is 0 Å². The van der Waals surface area contributed by atoms with Crippen molar-refractivity contribution in [2.24, 2.45) is 0 Å². The Morgan fingerprint density at radius 1 is 1.00 bits per heavy atom. The molecule has 0 radical (unpaired) electrons. The zero-order valence-electron chi connectivity index (χ0n) is 6.86. The van der Waals surface area contributed by atoms with E-state index in [1.54, 1.807) is 0 Å². The van der Waals surface area contributed by atoms with Gasteiger partial charge in [-0.1, -0.05) is 0 Å². The van der Waals surface area contributed by atoms with E-state index in [-0.39, 0.29) is 0 Å². The van der Waals surface area contributed by atoms with Gasteiger partial charge >= 0.3 is 12.3 Å². The summed E-state index contributed by atoms with van der Waals surface area (Å²) >= 11 is 0. The van der Waals surface area contributed by atoms with Gasteiger partial charge in [0.2, 0.25) is 0 Å². The molecular weight excluding hydrogens is 221 g/mol. The smallest absolute Gasteiger partial charge is 0.335 e. The number of hydrogen-bond acceptors (Lipinski definition) is 1. The first-order valence-corrected chi connectivity index (χ1v) is 3.36. The summed E-state index contributed by atoms with van der Waals surface area (Å²) in [7, 11) is 0.454. The summed E-state index contributed by atoms with van der Waals surface area (Å²) in [5, 5.41) is 0. The molecule has 0 saturated heterocycles. The molecule has 0 aliphatic heterocycles. The van der Waals surface area contributed by atoms with Crippen LogP contribution in [0, 0.1) is 0 Å². The van der Waals surface area contributed by atoms with Crippen molar-refractivity contribution in [2.75, 3.05) is 7.11 Å². The molecule has 86 valence electrons. The van der Waals surface area contributed by atoms with E-state index in [0.717, 1.165) is 0 Å². The Hall–Kier alpha value is -0.530. The molecule has 0 spiro atoms. The quantitative estimate of drug-likeness (QED) is 0.657. The normalized spacial score (nSPS) is 17.6. The number of ether oxygens (including phenoxy) is 1. The number of methoxy groups -OCH3 is 1. The van der Waals surface area contributed by atoms with Gasteiger partial charge in [0.1, 0.15) is 0 Å². The van der Waals surface area contributed by atoms with Gasteiger partial charge in [0.15, 0.2) is 12.3 Å². The van der Waals surface area contributed by atoms with E-state index in [4.69, 9.17) is 0 Å². The van der Waals surface area contributed by atoms with Crippen LogP contribution in [0.4, 0.5) is 30.7 Å². The molecule has 0 heterocycles. The van der Waals surface area contributed by atoms with Crippen LogP contribution in [0.1, 0.15) is 0 Å². The number of hydrogen-bond donors (Lipinski definition) is 0. The van der Waals surface area contributed by atoms with Crippen LogP contribution in [-0.2, 0) is 4.74 Å². The first kappa shape index (κ1) is 13.5. The summed E-state index contributed by atoms with van der Waals surface area (Å²) in [5.41, 5.74) is 0. The minimum Gasteiger partial charge on any atom is -0.372 e. The van der Waals surface area contributed by atoms with Crippen molar-refractivity contribution in [3.05, 3.63) is 0 Å². The van der Waals surface area contributed by atoms with Gasteiger partial charge in [-0.05, 0) is 0 Å². The Bertz CT molecular complexity index is 172. The molecule has 0 fully saturated rings. The molecule has 0 bridgehead atoms. The fraction of sp³-hybridized carbons (Fsp3) is 1.00. The molecule has 0 amide bonds. The minimum atomic E-state index is -4.94. The van der Waals surface area contributed by atoms with Crippen LogP contribution in [-0.4, -0.2) is 38.2 Å². The molecule has 0 aliphatic rings. The maximum absolute atomic E-state index is 12.4. The van der Waals surface area contributed by atoms with Crippen molar-refractivity contribution in [3.63, 3.8) is 0 Å². The Morgan fingerprint density at radius 2 is 1.43 bits per heavy atom. The van der Waals surface area contributed by atoms with Gasteiger partial charge in [-0.25, -0.2) is 22.0 Å². The zero-order chi connectivity index (χ0) is 11.5. The molecule has 8 heteroatoms. The van der Waals surface area contributed by atoms with Crippen molar-refractivity contribution >= 4 is 0 Å². The topological polar surface area (TPSA) is 9.23 Å². The van der Waals surface area contributed by atoms with Gasteiger partial charge < -0.3 is 4.74 Å². The maximum Gasteiger partial charge on any atom is 0.335 e. The maximum atomic E-state index is 12.4. The largest absolute Gasteiger partial charge is 0.372 e. The highest BCUT2D eigenvalue weighted by molar-refractivity contribution is 4.87. The summed E-state index contributed by atoms with van der Waals surface area (Å²) in [6.45, 7) is 0. The van der Waals surface area contributed by atoms with E-state index >= 15 is 0 Å². The lowest BCUT2D eigenvalue weighted by Crippen LogP contribution is -2.49. The molecule has 1 nitrogen and oxygen atoms in total. The molecule has 2 unspecified atom stereocenters. The van der Waals surface area contributed by atoms with E-state index in [1.807, 2.05) is 0 Å². The lowest BCUT2D eigenvalue weighted by Gasteiger charge is -2.26. The molecular formula is C6H7F7O. The molecule has 14 heavy (non-hydrogen) atoms. The predicted molar refractivity (Wildman–Crippen MR) is 32.6 cm³/mol. The van der Waals surface area contributed by atoms with Gasteiger partial charge in [-0.15, -0.1) is 0 Å². The predicted octanol–water partition coefficient (Wildman–Crippen LogP) is 2.51. The van der Waals surface area contributed by atoms with Crippen molar-refractivity contribution in [2.45, 2.75) is 31.0 Å². The average Bonchev–Trinajstić information content (AvgIpc) is 2.04. The first-order valence-electron chi connectivity index (χ1n) is 3.36. The van der Waals surface area contributed by atoms with Crippen molar-refractivity contribution in [1.82, 2.24) is 0 Å². The van der Waals surface area contributed by atoms with Crippen LogP contribution in [0.15, 0.2) is 0 Å². The molecule has 0 aliphatic carbocycles. The van der Waals surface area contributed by atoms with E-state index in [0.29, 0.717) is 7.11 Å². The highest BCUT2D eigenvalue weighted by atomic mass is 19.3. The Kier molecular flexibility index (Phi) is 4.63. The fourth-order valence-corrected chi connectivity index (χ4v) is 0.756. The van der Waals surface area contributed by atoms with E-state index in [9.17, 15) is 30.7 Å². The lowest BCUT2D eigenvalue weighted by atomic mass is 10.1. The second-order valence-corrected chi connectivity index (χ2v) is 2.41. The van der Waals surface area contributed by atoms with E-state index < -0.39 is 31.0 Å². The standard InChI is InChI=1S/C6H7F7O/c1-14-3(2(7)4(8)9)6(12,13)5(10)11/h2-5H,1H3. The third-order valence-corrected chi connectivity index (χ3v) is 1.45. The first-order chi connectivity index (χ1) is 6.25. The van der Waals surface area contributed by atoms with Gasteiger partial charge in [-0.3, -0.25) is 0 Å². The minimum absolute atomic E-state index is 0.454. The van der Waals surface area contributed by atoms with Crippen LogP contribution >= 0.6 is 0 Å². The second-order valence-electron chi connectivity index (χ2n) is 2.41. The molecule has 0 aromatic rings. The highest BCUT2D eigenvalue weighted by Crippen LogP contribution is 2.33. The zero-order valence-corrected chi connectivity index (χ0v) is 6.86. The van der Waals surface area contributed by atoms with Gasteiger partial charge in [0, 0.05) is 7.11 Å². The molecule has 0 N–H and O–H groups in total. The molecule has 0 aromatic carbocycles. The summed E-state index contributed by atoms with van der Waals surface area (Å²) < 4.78 is 87.2. The molecule has 2 atom stereocenters. The average molecular weight is 228 g/mol. The van der Waals surface area contributed by atoms with Crippen molar-refractivity contribution in [1.29, 1.82) is 0 Å². The van der Waals surface area contributed by atoms with Crippen molar-refractivity contribution in [3.8, 4) is 0 Å². The van der Waals surface area contributed by atoms with Gasteiger partial charge in [-0.2, -0.15) is 8.78 Å². The van der Waals surface area contributed by atoms with Crippen molar-refractivity contribution < 1.29 is 35.5 Å². The Balaban J connectivity index is 4.70. The van der Waals surface area contributed by atoms with Crippen LogP contribution in [0.25, 0.3) is 0 Å². The van der Waals surface area contributed by atoms with E-state index in [2.05, 4.69) is 4.74 Å². The van der Waals surface area contributed by atoms with Gasteiger partial charge in [0.05, 0.1) is 0 Å². The third-order valence-electron chi connectivity index (χ3n) is 1.45. The fourth-order valence-electron chi connectivity index (χ4n) is 0.756. The lowest BCUT2D eigenvalue weighted by molar-refractivity contribution is -0.227. The summed E-state index contributed by atoms with van der Waals surface area (Å²) in [4.78, 5) is 0.